The minimum atomic E-state index is -2.15. The second kappa shape index (κ2) is 23.4. The molecule has 0 unspecified atom stereocenters. The van der Waals surface area contributed by atoms with Gasteiger partial charge in [0.05, 0.1) is 39.6 Å². The van der Waals surface area contributed by atoms with E-state index in [1.54, 1.807) is 0 Å². The van der Waals surface area contributed by atoms with Crippen LogP contribution in [0.1, 0.15) is 0 Å². The zero-order valence-corrected chi connectivity index (χ0v) is 35.8. The summed E-state index contributed by atoms with van der Waals surface area (Å²) in [6.07, 6.45) is -58.5. The van der Waals surface area contributed by atoms with Crippen molar-refractivity contribution in [2.24, 2.45) is 0 Å². The first kappa shape index (κ1) is 55.6. The average Bonchev–Trinajstić information content (AvgIpc) is 3.31. The first-order valence-electron chi connectivity index (χ1n) is 21.1. The molecule has 67 heavy (non-hydrogen) atoms. The van der Waals surface area contributed by atoms with Crippen molar-refractivity contribution < 1.29 is 165 Å². The SMILES string of the molecule is OC[C@H]1O[C@@H]2O[C@H]3[C@H](O)[C@@H](O)[C@@H](O[C@H]4[C@H](O)[C@@H](O)[C@@H](O[C@H]5[C@H](O)[C@@H](O)[C@@H](O[C@H]6[C@H](O)[C@@H](O)[C@@H](O[C@H]7[C@H](O)[C@@H](O)[C@@H](O[C@@H]1[C@H](O)[C@H]2O)O[C@@H]7CO)O[C@@H]6CO)O[C@@H]5CO)O[C@@H]4CO)O[C@@H]3CO.[Ni]. The van der Waals surface area contributed by atoms with Crippen LogP contribution in [-0.4, -0.2) is 316 Å². The normalized spacial score (nSPS) is 54.5. The van der Waals surface area contributed by atoms with Gasteiger partial charge in [0, 0.05) is 16.5 Å². The zero-order chi connectivity index (χ0) is 48.0. The Labute approximate surface area is 388 Å². The van der Waals surface area contributed by atoms with E-state index < -0.39 is 224 Å². The molecule has 0 radical (unpaired) electrons. The van der Waals surface area contributed by atoms with Gasteiger partial charge < -0.3 is 149 Å². The second-order valence-electron chi connectivity index (χ2n) is 16.8. The summed E-state index contributed by atoms with van der Waals surface area (Å²) in [7, 11) is 0. The summed E-state index contributed by atoms with van der Waals surface area (Å²) in [4.78, 5) is 0. The number of hydrogen-bond donors (Lipinski definition) is 18. The van der Waals surface area contributed by atoms with Crippen LogP contribution in [0.3, 0.4) is 0 Å². The van der Waals surface area contributed by atoms with Crippen LogP contribution in [0.5, 0.6) is 0 Å². The number of hydrogen-bond acceptors (Lipinski definition) is 30. The van der Waals surface area contributed by atoms with Crippen molar-refractivity contribution in [3.05, 3.63) is 0 Å². The largest absolute Gasteiger partial charge is 0.394 e. The zero-order valence-electron chi connectivity index (χ0n) is 34.8. The Morgan fingerprint density at radius 1 is 0.194 bits per heavy atom. The van der Waals surface area contributed by atoms with Crippen LogP contribution in [0.15, 0.2) is 0 Å². The molecule has 30 atom stereocenters. The maximum Gasteiger partial charge on any atom is 0.187 e. The van der Waals surface area contributed by atoms with Crippen LogP contribution in [0.25, 0.3) is 0 Å². The summed E-state index contributed by atoms with van der Waals surface area (Å²) < 4.78 is 67.9. The van der Waals surface area contributed by atoms with Gasteiger partial charge in [-0.15, -0.1) is 0 Å². The van der Waals surface area contributed by atoms with Crippen molar-refractivity contribution >= 4 is 0 Å². The molecular formula is C36H60NiO30. The molecule has 22 fully saturated rings. The Hall–Kier alpha value is -0.706. The van der Waals surface area contributed by atoms with Crippen LogP contribution in [-0.2, 0) is 73.3 Å². The molecule has 22 rings (SSSR count). The Balaban J connectivity index is 0.00000741. The van der Waals surface area contributed by atoms with Gasteiger partial charge in [-0.25, -0.2) is 0 Å². The molecule has 0 spiro atoms. The smallest absolute Gasteiger partial charge is 0.187 e. The molecule has 12 bridgehead atoms. The molecule has 22 aliphatic rings. The molecule has 0 aliphatic carbocycles. The van der Waals surface area contributed by atoms with Gasteiger partial charge in [0.25, 0.3) is 0 Å². The van der Waals surface area contributed by atoms with Crippen LogP contribution < -0.4 is 0 Å². The van der Waals surface area contributed by atoms with Crippen LogP contribution in [0.4, 0.5) is 0 Å². The molecule has 0 amide bonds. The molecule has 30 nitrogen and oxygen atoms in total. The summed E-state index contributed by atoms with van der Waals surface area (Å²) in [6.45, 7) is -5.99. The van der Waals surface area contributed by atoms with Crippen molar-refractivity contribution in [2.75, 3.05) is 39.6 Å². The molecule has 22 heterocycles. The van der Waals surface area contributed by atoms with E-state index in [9.17, 15) is 91.9 Å². The molecule has 18 N–H and O–H groups in total. The Bertz CT molecular complexity index is 1240. The first-order chi connectivity index (χ1) is 31.4. The predicted octanol–water partition coefficient (Wildman–Crippen LogP) is -13.1. The van der Waals surface area contributed by atoms with Crippen molar-refractivity contribution in [3.63, 3.8) is 0 Å². The molecule has 0 aromatic heterocycles. The molecule has 22 aliphatic heterocycles. The maximum absolute atomic E-state index is 11.2. The van der Waals surface area contributed by atoms with Gasteiger partial charge in [-0.1, -0.05) is 0 Å². The van der Waals surface area contributed by atoms with Crippen molar-refractivity contribution in [1.29, 1.82) is 0 Å². The average molecular weight is 1030 g/mol. The van der Waals surface area contributed by atoms with Crippen molar-refractivity contribution in [3.8, 4) is 0 Å². The molecule has 0 aromatic carbocycles. The van der Waals surface area contributed by atoms with E-state index in [2.05, 4.69) is 0 Å². The number of aliphatic hydroxyl groups excluding tert-OH is 18. The summed E-state index contributed by atoms with van der Waals surface area (Å²) in [5.41, 5.74) is 0. The number of aliphatic hydroxyl groups is 18. The minimum Gasteiger partial charge on any atom is -0.394 e. The maximum atomic E-state index is 11.2. The van der Waals surface area contributed by atoms with E-state index in [4.69, 9.17) is 56.8 Å². The van der Waals surface area contributed by atoms with Gasteiger partial charge in [-0.3, -0.25) is 0 Å². The predicted molar refractivity (Wildman–Crippen MR) is 196 cm³/mol. The van der Waals surface area contributed by atoms with Gasteiger partial charge >= 0.3 is 0 Å². The van der Waals surface area contributed by atoms with Crippen LogP contribution in [0, 0.1) is 0 Å². The summed E-state index contributed by atoms with van der Waals surface area (Å²) >= 11 is 0. The molecule has 0 aromatic rings. The summed E-state index contributed by atoms with van der Waals surface area (Å²) in [5.74, 6) is 0. The summed E-state index contributed by atoms with van der Waals surface area (Å²) in [5, 5.41) is 196. The van der Waals surface area contributed by atoms with Crippen molar-refractivity contribution in [2.45, 2.75) is 184 Å². The molecule has 0 saturated carbocycles. The summed E-state index contributed by atoms with van der Waals surface area (Å²) in [6, 6.07) is 0. The van der Waals surface area contributed by atoms with E-state index in [-0.39, 0.29) is 16.5 Å². The van der Waals surface area contributed by atoms with Crippen molar-refractivity contribution in [1.82, 2.24) is 0 Å². The third kappa shape index (κ3) is 10.8. The third-order valence-corrected chi connectivity index (χ3v) is 12.7. The number of ether oxygens (including phenoxy) is 12. The van der Waals surface area contributed by atoms with Gasteiger partial charge in [-0.2, -0.15) is 0 Å². The molecule has 22 saturated heterocycles. The van der Waals surface area contributed by atoms with E-state index in [0.29, 0.717) is 0 Å². The quantitative estimate of drug-likeness (QED) is 0.110. The topological polar surface area (TPSA) is 475 Å². The Morgan fingerprint density at radius 2 is 0.313 bits per heavy atom. The van der Waals surface area contributed by atoms with Gasteiger partial charge in [0.15, 0.2) is 37.7 Å². The van der Waals surface area contributed by atoms with Gasteiger partial charge in [0.1, 0.15) is 146 Å². The van der Waals surface area contributed by atoms with Crippen LogP contribution >= 0.6 is 0 Å². The van der Waals surface area contributed by atoms with Gasteiger partial charge in [-0.05, 0) is 0 Å². The van der Waals surface area contributed by atoms with E-state index in [0.717, 1.165) is 0 Å². The molecule has 394 valence electrons. The monoisotopic (exact) mass is 1030 g/mol. The second-order valence-corrected chi connectivity index (χ2v) is 16.8. The molecule has 31 heteroatoms. The Kier molecular flexibility index (Phi) is 19.5. The fourth-order valence-corrected chi connectivity index (χ4v) is 8.93. The van der Waals surface area contributed by atoms with E-state index in [1.165, 1.54) is 0 Å². The minimum absolute atomic E-state index is 0. The Morgan fingerprint density at radius 3 is 0.418 bits per heavy atom. The van der Waals surface area contributed by atoms with E-state index >= 15 is 0 Å². The standard InChI is InChI=1S/C36H60O30.Ni/c37-1-7-25-13(43)19(49)31(55-7)62-26-8(2-38)57-33(21(51)15(26)45)64-28-10(4-40)59-35(23(53)17(28)47)66-30-12(6-42)60-36(24(54)18(30)48)65-29-11(5-41)58-34(22(52)16(29)46)63-27-9(3-39)56-32(61-25)20(50)14(27)44;/h7-54H,1-6H2;/t7-,8-,9-,10-,11-,12-,13-,14-,15-,16-,17-,18-,19-,20-,21-,22-,23-,24-,25-,26-,27-,28-,29-,30+,31-,32-,33-,34-,35-,36-;/m1./s1. The van der Waals surface area contributed by atoms with E-state index in [1.807, 2.05) is 0 Å². The fraction of sp³-hybridized carbons (Fsp3) is 1.00. The molecular weight excluding hydrogens is 971 g/mol. The van der Waals surface area contributed by atoms with Gasteiger partial charge in [0.2, 0.25) is 0 Å². The van der Waals surface area contributed by atoms with Crippen LogP contribution in [0.2, 0.25) is 0 Å². The third-order valence-electron chi connectivity index (χ3n) is 12.7. The fourth-order valence-electron chi connectivity index (χ4n) is 8.93. The number of rotatable bonds is 6. The first-order valence-corrected chi connectivity index (χ1v) is 21.1.